The molecule has 2 aliphatic heterocycles. The highest BCUT2D eigenvalue weighted by atomic mass is 16.5. The second-order valence-corrected chi connectivity index (χ2v) is 5.93. The molecule has 4 nitrogen and oxygen atoms in total. The van der Waals surface area contributed by atoms with Crippen LogP contribution in [0.4, 0.5) is 0 Å². The fourth-order valence-corrected chi connectivity index (χ4v) is 3.61. The smallest absolute Gasteiger partial charge is 0.306 e. The van der Waals surface area contributed by atoms with Crippen molar-refractivity contribution in [1.82, 2.24) is 0 Å². The number of fused-ring (bicyclic) bond motifs is 3. The predicted molar refractivity (Wildman–Crippen MR) is 74.1 cm³/mol. The van der Waals surface area contributed by atoms with Gasteiger partial charge in [-0.05, 0) is 12.0 Å². The predicted octanol–water partition coefficient (Wildman–Crippen LogP) is 2.70. The lowest BCUT2D eigenvalue weighted by Gasteiger charge is -2.40. The molecule has 1 saturated heterocycles. The lowest BCUT2D eigenvalue weighted by atomic mass is 9.76. The van der Waals surface area contributed by atoms with E-state index in [1.54, 1.807) is 0 Å². The average Bonchev–Trinajstić information content (AvgIpc) is 2.46. The van der Waals surface area contributed by atoms with Crippen LogP contribution in [-0.2, 0) is 19.1 Å². The minimum Gasteiger partial charge on any atom is -0.489 e. The summed E-state index contributed by atoms with van der Waals surface area (Å²) in [6.45, 7) is 0. The Kier molecular flexibility index (Phi) is 2.84. The van der Waals surface area contributed by atoms with Gasteiger partial charge in [0.25, 0.3) is 0 Å². The first-order chi connectivity index (χ1) is 10.2. The zero-order valence-electron chi connectivity index (χ0n) is 11.6. The van der Waals surface area contributed by atoms with Crippen LogP contribution in [-0.4, -0.2) is 17.9 Å². The molecule has 21 heavy (non-hydrogen) atoms. The third kappa shape index (κ3) is 2.15. The number of hydrogen-bond donors (Lipinski definition) is 0. The molecular formula is C17H16O4. The second kappa shape index (κ2) is 4.72. The molecule has 0 spiro atoms. The highest BCUT2D eigenvalue weighted by Gasteiger charge is 2.43. The lowest BCUT2D eigenvalue weighted by Crippen LogP contribution is -2.39. The van der Waals surface area contributed by atoms with Crippen molar-refractivity contribution >= 4 is 11.8 Å². The maximum absolute atomic E-state index is 12.5. The number of esters is 1. The minimum absolute atomic E-state index is 0.00998. The van der Waals surface area contributed by atoms with Crippen molar-refractivity contribution < 1.29 is 19.1 Å². The molecule has 3 aliphatic rings. The Morgan fingerprint density at radius 1 is 0.952 bits per heavy atom. The monoisotopic (exact) mass is 284 g/mol. The van der Waals surface area contributed by atoms with Crippen molar-refractivity contribution in [2.24, 2.45) is 5.92 Å². The van der Waals surface area contributed by atoms with Gasteiger partial charge in [-0.25, -0.2) is 0 Å². The van der Waals surface area contributed by atoms with E-state index in [1.165, 1.54) is 0 Å². The summed E-state index contributed by atoms with van der Waals surface area (Å²) in [5, 5.41) is 0. The normalized spacial score (nSPS) is 31.3. The van der Waals surface area contributed by atoms with Gasteiger partial charge in [-0.15, -0.1) is 0 Å². The Morgan fingerprint density at radius 3 is 2.57 bits per heavy atom. The number of benzene rings is 1. The number of carbonyl (C=O) groups is 2. The topological polar surface area (TPSA) is 52.6 Å². The Bertz CT molecular complexity index is 631. The quantitative estimate of drug-likeness (QED) is 0.744. The summed E-state index contributed by atoms with van der Waals surface area (Å²) >= 11 is 0. The van der Waals surface area contributed by atoms with Gasteiger partial charge in [0.1, 0.15) is 18.0 Å². The van der Waals surface area contributed by atoms with Crippen LogP contribution in [0.3, 0.4) is 0 Å². The standard InChI is InChI=1S/C17H16O4/c18-13-9-14(10-4-2-1-3-5-10)21-15-8-12-6-11(17(13)15)7-16(19)20-12/h1-5,11-12,14H,6-9H2/t11-,12+,14+/m1/s1. The molecule has 2 heterocycles. The Morgan fingerprint density at radius 2 is 1.76 bits per heavy atom. The highest BCUT2D eigenvalue weighted by Crippen LogP contribution is 2.44. The third-order valence-corrected chi connectivity index (χ3v) is 4.51. The number of Topliss-reactive ketones (excluding diaryl/α,β-unsaturated/α-hetero) is 1. The zero-order valence-corrected chi connectivity index (χ0v) is 11.6. The van der Waals surface area contributed by atoms with Crippen LogP contribution in [0.15, 0.2) is 41.7 Å². The molecule has 0 aromatic heterocycles. The molecule has 1 aliphatic carbocycles. The highest BCUT2D eigenvalue weighted by molar-refractivity contribution is 5.98. The van der Waals surface area contributed by atoms with Crippen molar-refractivity contribution in [3.63, 3.8) is 0 Å². The molecule has 4 rings (SSSR count). The van der Waals surface area contributed by atoms with Gasteiger partial charge in [0.2, 0.25) is 0 Å². The summed E-state index contributed by atoms with van der Waals surface area (Å²) in [6, 6.07) is 9.80. The Hall–Kier alpha value is -2.10. The maximum Gasteiger partial charge on any atom is 0.306 e. The van der Waals surface area contributed by atoms with Crippen LogP contribution in [0.2, 0.25) is 0 Å². The van der Waals surface area contributed by atoms with Crippen molar-refractivity contribution in [3.8, 4) is 0 Å². The van der Waals surface area contributed by atoms with Gasteiger partial charge in [-0.2, -0.15) is 0 Å². The molecule has 108 valence electrons. The number of ether oxygens (including phenoxy) is 2. The van der Waals surface area contributed by atoms with E-state index in [-0.39, 0.29) is 29.9 Å². The molecule has 1 fully saturated rings. The van der Waals surface area contributed by atoms with Gasteiger partial charge >= 0.3 is 5.97 Å². The first-order valence-electron chi connectivity index (χ1n) is 7.38. The summed E-state index contributed by atoms with van der Waals surface area (Å²) in [4.78, 5) is 24.1. The molecule has 0 saturated carbocycles. The molecule has 0 amide bonds. The van der Waals surface area contributed by atoms with E-state index in [0.29, 0.717) is 19.3 Å². The maximum atomic E-state index is 12.5. The second-order valence-electron chi connectivity index (χ2n) is 5.93. The molecule has 3 atom stereocenters. The largest absolute Gasteiger partial charge is 0.489 e. The zero-order chi connectivity index (χ0) is 14.4. The van der Waals surface area contributed by atoms with E-state index < -0.39 is 0 Å². The molecule has 4 heteroatoms. The fraction of sp³-hybridized carbons (Fsp3) is 0.412. The number of carbonyl (C=O) groups excluding carboxylic acids is 2. The molecule has 1 aromatic rings. The van der Waals surface area contributed by atoms with Gasteiger partial charge in [-0.3, -0.25) is 9.59 Å². The molecule has 2 bridgehead atoms. The Balaban J connectivity index is 1.67. The van der Waals surface area contributed by atoms with E-state index in [4.69, 9.17) is 9.47 Å². The van der Waals surface area contributed by atoms with Crippen molar-refractivity contribution in [2.75, 3.05) is 0 Å². The van der Waals surface area contributed by atoms with E-state index in [2.05, 4.69) is 0 Å². The minimum atomic E-state index is -0.216. The van der Waals surface area contributed by atoms with Crippen LogP contribution in [0, 0.1) is 5.92 Å². The summed E-state index contributed by atoms with van der Waals surface area (Å²) in [5.41, 5.74) is 1.76. The van der Waals surface area contributed by atoms with Crippen LogP contribution in [0.1, 0.15) is 37.4 Å². The third-order valence-electron chi connectivity index (χ3n) is 4.51. The van der Waals surface area contributed by atoms with Crippen LogP contribution in [0.25, 0.3) is 0 Å². The first kappa shape index (κ1) is 12.6. The number of hydrogen-bond acceptors (Lipinski definition) is 4. The lowest BCUT2D eigenvalue weighted by molar-refractivity contribution is -0.158. The molecule has 0 unspecified atom stereocenters. The summed E-state index contributed by atoms with van der Waals surface area (Å²) in [7, 11) is 0. The van der Waals surface area contributed by atoms with Crippen LogP contribution < -0.4 is 0 Å². The van der Waals surface area contributed by atoms with Gasteiger partial charge < -0.3 is 9.47 Å². The van der Waals surface area contributed by atoms with Crippen molar-refractivity contribution in [2.45, 2.75) is 37.9 Å². The molecular weight excluding hydrogens is 268 g/mol. The molecule has 0 N–H and O–H groups in total. The number of rotatable bonds is 1. The van der Waals surface area contributed by atoms with E-state index in [0.717, 1.165) is 23.3 Å². The first-order valence-corrected chi connectivity index (χ1v) is 7.38. The summed E-state index contributed by atoms with van der Waals surface area (Å²) in [5.74, 6) is 0.669. The Labute approximate surface area is 122 Å². The fourth-order valence-electron chi connectivity index (χ4n) is 3.61. The van der Waals surface area contributed by atoms with Gasteiger partial charge in [0.05, 0.1) is 12.8 Å². The van der Waals surface area contributed by atoms with E-state index >= 15 is 0 Å². The van der Waals surface area contributed by atoms with Crippen LogP contribution in [0.5, 0.6) is 0 Å². The van der Waals surface area contributed by atoms with E-state index in [9.17, 15) is 9.59 Å². The van der Waals surface area contributed by atoms with Crippen molar-refractivity contribution in [3.05, 3.63) is 47.2 Å². The molecule has 0 radical (unpaired) electrons. The van der Waals surface area contributed by atoms with Crippen molar-refractivity contribution in [1.29, 1.82) is 0 Å². The number of allylic oxidation sites excluding steroid dienone is 1. The van der Waals surface area contributed by atoms with Crippen LogP contribution >= 0.6 is 0 Å². The molecule has 1 aromatic carbocycles. The number of ketones is 1. The average molecular weight is 284 g/mol. The van der Waals surface area contributed by atoms with Gasteiger partial charge in [0.15, 0.2) is 5.78 Å². The summed E-state index contributed by atoms with van der Waals surface area (Å²) < 4.78 is 11.4. The summed E-state index contributed by atoms with van der Waals surface area (Å²) in [6.07, 6.45) is 1.62. The SMILES string of the molecule is O=C1C[C@H]2C[C@@H](CC3=C2C(=O)C[C@@H](c2ccccc2)O3)O1. The van der Waals surface area contributed by atoms with E-state index in [1.807, 2.05) is 30.3 Å². The van der Waals surface area contributed by atoms with Gasteiger partial charge in [0, 0.05) is 17.9 Å². The van der Waals surface area contributed by atoms with Gasteiger partial charge in [-0.1, -0.05) is 30.3 Å².